The second-order valence-electron chi connectivity index (χ2n) is 4.49. The third-order valence-corrected chi connectivity index (χ3v) is 3.15. The van der Waals surface area contributed by atoms with E-state index in [-0.39, 0.29) is 0 Å². The summed E-state index contributed by atoms with van der Waals surface area (Å²) >= 11 is 0. The molecule has 0 aromatic carbocycles. The van der Waals surface area contributed by atoms with Gasteiger partial charge in [-0.25, -0.2) is 0 Å². The zero-order valence-corrected chi connectivity index (χ0v) is 11.4. The molecule has 1 rings (SSSR count). The van der Waals surface area contributed by atoms with Crippen LogP contribution in [0.2, 0.25) is 0 Å². The van der Waals surface area contributed by atoms with E-state index in [0.29, 0.717) is 6.04 Å². The van der Waals surface area contributed by atoms with Crippen molar-refractivity contribution in [3.8, 4) is 0 Å². The summed E-state index contributed by atoms with van der Waals surface area (Å²) in [5.41, 5.74) is 0. The van der Waals surface area contributed by atoms with E-state index in [1.807, 2.05) is 13.8 Å². The van der Waals surface area contributed by atoms with Crippen molar-refractivity contribution < 1.29 is 9.47 Å². The maximum atomic E-state index is 5.43. The van der Waals surface area contributed by atoms with E-state index in [1.165, 1.54) is 19.4 Å². The molecule has 1 fully saturated rings. The van der Waals surface area contributed by atoms with E-state index in [2.05, 4.69) is 10.2 Å². The quantitative estimate of drug-likeness (QED) is 0.584. The Morgan fingerprint density at radius 1 is 1.12 bits per heavy atom. The fourth-order valence-electron chi connectivity index (χ4n) is 2.19. The smallest absolute Gasteiger partial charge is 0.0593 e. The molecular formula is C13H28N2O2. The van der Waals surface area contributed by atoms with Crippen molar-refractivity contribution in [2.75, 3.05) is 52.6 Å². The highest BCUT2D eigenvalue weighted by Crippen LogP contribution is 2.06. The van der Waals surface area contributed by atoms with Crippen LogP contribution in [0.5, 0.6) is 0 Å². The highest BCUT2D eigenvalue weighted by molar-refractivity contribution is 4.77. The van der Waals surface area contributed by atoms with E-state index < -0.39 is 0 Å². The van der Waals surface area contributed by atoms with Crippen LogP contribution in [0.3, 0.4) is 0 Å². The minimum Gasteiger partial charge on any atom is -0.380 e. The lowest BCUT2D eigenvalue weighted by molar-refractivity contribution is 0.0794. The summed E-state index contributed by atoms with van der Waals surface area (Å²) in [4.78, 5) is 2.45. The van der Waals surface area contributed by atoms with E-state index in [4.69, 9.17) is 9.47 Å². The van der Waals surface area contributed by atoms with Crippen LogP contribution >= 0.6 is 0 Å². The first kappa shape index (κ1) is 14.9. The van der Waals surface area contributed by atoms with Crippen LogP contribution in [0.4, 0.5) is 0 Å². The minimum absolute atomic E-state index is 0.665. The summed E-state index contributed by atoms with van der Waals surface area (Å²) < 4.78 is 10.9. The fourth-order valence-corrected chi connectivity index (χ4v) is 2.19. The van der Waals surface area contributed by atoms with Gasteiger partial charge in [0, 0.05) is 38.9 Å². The Morgan fingerprint density at radius 2 is 1.76 bits per heavy atom. The minimum atomic E-state index is 0.665. The van der Waals surface area contributed by atoms with Crippen LogP contribution in [0, 0.1) is 0 Å². The average molecular weight is 244 g/mol. The van der Waals surface area contributed by atoms with Crippen molar-refractivity contribution >= 4 is 0 Å². The first-order valence-corrected chi connectivity index (χ1v) is 6.98. The molecule has 0 aromatic heterocycles. The molecule has 0 saturated carbocycles. The zero-order valence-electron chi connectivity index (χ0n) is 11.4. The zero-order chi connectivity index (χ0) is 12.3. The highest BCUT2D eigenvalue weighted by atomic mass is 16.5. The van der Waals surface area contributed by atoms with Gasteiger partial charge in [0.2, 0.25) is 0 Å². The SMILES string of the molecule is CCOCCN(CCOCC)C[C@H]1CCCN1. The van der Waals surface area contributed by atoms with Gasteiger partial charge in [-0.05, 0) is 33.2 Å². The Labute approximate surface area is 106 Å². The molecule has 1 aliphatic rings. The lowest BCUT2D eigenvalue weighted by atomic mass is 10.2. The van der Waals surface area contributed by atoms with Gasteiger partial charge in [-0.3, -0.25) is 4.90 Å². The van der Waals surface area contributed by atoms with Crippen LogP contribution in [0.15, 0.2) is 0 Å². The van der Waals surface area contributed by atoms with Gasteiger partial charge < -0.3 is 14.8 Å². The third kappa shape index (κ3) is 6.99. The predicted octanol–water partition coefficient (Wildman–Crippen LogP) is 1.11. The number of nitrogens with one attached hydrogen (secondary N) is 1. The molecule has 1 saturated heterocycles. The van der Waals surface area contributed by atoms with E-state index in [1.54, 1.807) is 0 Å². The van der Waals surface area contributed by atoms with E-state index in [0.717, 1.165) is 46.1 Å². The Morgan fingerprint density at radius 3 is 2.24 bits per heavy atom. The number of ether oxygens (including phenoxy) is 2. The molecule has 0 bridgehead atoms. The molecule has 4 nitrogen and oxygen atoms in total. The Bertz CT molecular complexity index is 163. The molecule has 0 unspecified atom stereocenters. The highest BCUT2D eigenvalue weighted by Gasteiger charge is 2.17. The van der Waals surface area contributed by atoms with Crippen molar-refractivity contribution in [3.05, 3.63) is 0 Å². The van der Waals surface area contributed by atoms with Gasteiger partial charge in [0.1, 0.15) is 0 Å². The summed E-state index contributed by atoms with van der Waals surface area (Å²) in [6, 6.07) is 0.665. The molecule has 1 heterocycles. The molecule has 0 aromatic rings. The van der Waals surface area contributed by atoms with Gasteiger partial charge in [0.25, 0.3) is 0 Å². The van der Waals surface area contributed by atoms with E-state index in [9.17, 15) is 0 Å². The Hall–Kier alpha value is -0.160. The lowest BCUT2D eigenvalue weighted by Crippen LogP contribution is -2.40. The van der Waals surface area contributed by atoms with Crippen molar-refractivity contribution in [3.63, 3.8) is 0 Å². The molecule has 102 valence electrons. The molecular weight excluding hydrogens is 216 g/mol. The number of hydrogen-bond donors (Lipinski definition) is 1. The lowest BCUT2D eigenvalue weighted by Gasteiger charge is -2.25. The Balaban J connectivity index is 2.18. The third-order valence-electron chi connectivity index (χ3n) is 3.15. The largest absolute Gasteiger partial charge is 0.380 e. The molecule has 1 aliphatic heterocycles. The van der Waals surface area contributed by atoms with Crippen LogP contribution in [0.1, 0.15) is 26.7 Å². The number of hydrogen-bond acceptors (Lipinski definition) is 4. The Kier molecular flexibility index (Phi) is 8.61. The van der Waals surface area contributed by atoms with Gasteiger partial charge in [-0.15, -0.1) is 0 Å². The predicted molar refractivity (Wildman–Crippen MR) is 70.5 cm³/mol. The first-order valence-electron chi connectivity index (χ1n) is 6.98. The van der Waals surface area contributed by atoms with Crippen LogP contribution < -0.4 is 5.32 Å². The van der Waals surface area contributed by atoms with Gasteiger partial charge in [0.15, 0.2) is 0 Å². The molecule has 0 amide bonds. The monoisotopic (exact) mass is 244 g/mol. The normalized spacial score (nSPS) is 20.3. The topological polar surface area (TPSA) is 33.7 Å². The van der Waals surface area contributed by atoms with Crippen molar-refractivity contribution in [2.45, 2.75) is 32.7 Å². The van der Waals surface area contributed by atoms with Crippen molar-refractivity contribution in [2.24, 2.45) is 0 Å². The molecule has 1 atom stereocenters. The molecule has 0 spiro atoms. The van der Waals surface area contributed by atoms with Crippen LogP contribution in [-0.2, 0) is 9.47 Å². The maximum Gasteiger partial charge on any atom is 0.0593 e. The van der Waals surface area contributed by atoms with Crippen molar-refractivity contribution in [1.29, 1.82) is 0 Å². The second kappa shape index (κ2) is 9.83. The molecule has 4 heteroatoms. The second-order valence-corrected chi connectivity index (χ2v) is 4.49. The summed E-state index contributed by atoms with van der Waals surface area (Å²) in [6.07, 6.45) is 2.62. The maximum absolute atomic E-state index is 5.43. The van der Waals surface area contributed by atoms with Gasteiger partial charge in [0.05, 0.1) is 13.2 Å². The summed E-state index contributed by atoms with van der Waals surface area (Å²) in [5.74, 6) is 0. The standard InChI is InChI=1S/C13H28N2O2/c1-3-16-10-8-15(9-11-17-4-2)12-13-6-5-7-14-13/h13-14H,3-12H2,1-2H3/t13-/m1/s1. The number of nitrogens with zero attached hydrogens (tertiary/aromatic N) is 1. The van der Waals surface area contributed by atoms with Crippen LogP contribution in [0.25, 0.3) is 0 Å². The summed E-state index contributed by atoms with van der Waals surface area (Å²) in [6.45, 7) is 11.7. The van der Waals surface area contributed by atoms with Gasteiger partial charge in [-0.1, -0.05) is 0 Å². The average Bonchev–Trinajstić information content (AvgIpc) is 2.82. The fraction of sp³-hybridized carbons (Fsp3) is 1.00. The summed E-state index contributed by atoms with van der Waals surface area (Å²) in [5, 5.41) is 3.54. The summed E-state index contributed by atoms with van der Waals surface area (Å²) in [7, 11) is 0. The van der Waals surface area contributed by atoms with Crippen LogP contribution in [-0.4, -0.2) is 63.5 Å². The van der Waals surface area contributed by atoms with Gasteiger partial charge >= 0.3 is 0 Å². The van der Waals surface area contributed by atoms with Crippen molar-refractivity contribution in [1.82, 2.24) is 10.2 Å². The number of rotatable bonds is 10. The molecule has 0 radical (unpaired) electrons. The van der Waals surface area contributed by atoms with E-state index >= 15 is 0 Å². The molecule has 17 heavy (non-hydrogen) atoms. The molecule has 0 aliphatic carbocycles. The van der Waals surface area contributed by atoms with Gasteiger partial charge in [-0.2, -0.15) is 0 Å². The molecule has 1 N–H and O–H groups in total. The first-order chi connectivity index (χ1) is 8.36.